The zero-order valence-corrected chi connectivity index (χ0v) is 22.9. The van der Waals surface area contributed by atoms with Gasteiger partial charge in [-0.2, -0.15) is 0 Å². The van der Waals surface area contributed by atoms with Crippen LogP contribution in [0, 0.1) is 0 Å². The molecule has 5 aromatic rings. The van der Waals surface area contributed by atoms with E-state index in [9.17, 15) is 9.59 Å². The van der Waals surface area contributed by atoms with Crippen LogP contribution in [0.4, 0.5) is 11.4 Å². The van der Waals surface area contributed by atoms with E-state index in [1.165, 1.54) is 28.7 Å². The third-order valence-corrected chi connectivity index (χ3v) is 8.44. The van der Waals surface area contributed by atoms with Gasteiger partial charge in [0.05, 0.1) is 31.9 Å². The van der Waals surface area contributed by atoms with E-state index in [1.807, 2.05) is 24.3 Å². The lowest BCUT2D eigenvalue weighted by Gasteiger charge is -2.14. The van der Waals surface area contributed by atoms with Gasteiger partial charge in [0.15, 0.2) is 0 Å². The van der Waals surface area contributed by atoms with Crippen LogP contribution < -0.4 is 11.5 Å². The Morgan fingerprint density at radius 3 is 2.05 bits per heavy atom. The Bertz CT molecular complexity index is 1760. The lowest BCUT2D eigenvalue weighted by molar-refractivity contribution is 0.0462. The van der Waals surface area contributed by atoms with E-state index in [2.05, 4.69) is 22.1 Å². The fourth-order valence-corrected chi connectivity index (χ4v) is 6.36. The average Bonchev–Trinajstić information content (AvgIpc) is 3.58. The molecule has 0 saturated carbocycles. The number of ether oxygens (including phenoxy) is 2. The monoisotopic (exact) mass is 568 g/mol. The van der Waals surface area contributed by atoms with Gasteiger partial charge in [0.1, 0.15) is 23.2 Å². The normalized spacial score (nSPS) is 12.3. The summed E-state index contributed by atoms with van der Waals surface area (Å²) in [6, 6.07) is 17.5. The minimum atomic E-state index is -0.584. The number of esters is 2. The van der Waals surface area contributed by atoms with Crippen molar-refractivity contribution < 1.29 is 19.1 Å². The minimum absolute atomic E-state index is 0.00995. The van der Waals surface area contributed by atoms with Crippen LogP contribution in [0.1, 0.15) is 47.7 Å². The van der Waals surface area contributed by atoms with Crippen LogP contribution >= 0.6 is 22.7 Å². The molecule has 1 aliphatic rings. The number of carbonyl (C=O) groups is 2. The second-order valence-electron chi connectivity index (χ2n) is 9.20. The van der Waals surface area contributed by atoms with Gasteiger partial charge in [0.2, 0.25) is 0 Å². The Kier molecular flexibility index (Phi) is 7.02. The zero-order chi connectivity index (χ0) is 27.6. The quantitative estimate of drug-likeness (QED) is 0.174. The number of allylic oxidation sites excluding steroid dienone is 1. The van der Waals surface area contributed by atoms with Crippen LogP contribution in [-0.2, 0) is 29.1 Å². The molecule has 40 heavy (non-hydrogen) atoms. The van der Waals surface area contributed by atoms with Crippen LogP contribution in [0.25, 0.3) is 27.4 Å². The molecule has 0 atom stereocenters. The van der Waals surface area contributed by atoms with Gasteiger partial charge in [-0.3, -0.25) is 0 Å². The van der Waals surface area contributed by atoms with Crippen molar-refractivity contribution in [1.29, 1.82) is 0 Å². The minimum Gasteiger partial charge on any atom is -0.455 e. The van der Waals surface area contributed by atoms with Gasteiger partial charge in [0.25, 0.3) is 0 Å². The number of hydrogen-bond acceptors (Lipinski definition) is 10. The number of nitrogen functional groups attached to an aromatic ring is 2. The van der Waals surface area contributed by atoms with Crippen molar-refractivity contribution in [3.63, 3.8) is 0 Å². The Hall–Kier alpha value is -4.54. The summed E-state index contributed by atoms with van der Waals surface area (Å²) in [5.74, 6) is -1.16. The molecule has 6 rings (SSSR count). The number of nitrogens with two attached hydrogens (primary N) is 2. The van der Waals surface area contributed by atoms with E-state index >= 15 is 0 Å². The largest absolute Gasteiger partial charge is 0.455 e. The number of fused-ring (bicyclic) bond motifs is 2. The second kappa shape index (κ2) is 10.9. The number of carbonyl (C=O) groups excluding carboxylic acids is 2. The van der Waals surface area contributed by atoms with Crippen LogP contribution in [0.5, 0.6) is 0 Å². The number of anilines is 2. The molecule has 0 aliphatic heterocycles. The maximum atomic E-state index is 13.3. The van der Waals surface area contributed by atoms with Crippen molar-refractivity contribution in [2.75, 3.05) is 11.5 Å². The highest BCUT2D eigenvalue weighted by atomic mass is 32.1. The van der Waals surface area contributed by atoms with Crippen LogP contribution in [0.2, 0.25) is 0 Å². The number of thiazole rings is 2. The van der Waals surface area contributed by atoms with E-state index in [0.29, 0.717) is 27.5 Å². The number of aryl methyl sites for hydroxylation is 1. The van der Waals surface area contributed by atoms with Gasteiger partial charge >= 0.3 is 11.9 Å². The first kappa shape index (κ1) is 25.7. The standard InChI is InChI=1S/C30H24N4O4S2/c31-17-9-11-19(21(13-17)29(35)37-15-27-33-23-5-1-3-7-25(23)39-27)20-12-10-18(32)14-22(20)30(36)38-16-28-34-24-6-2-4-8-26(24)40-28/h1,3-5,7-14H,2,6,15-16,31-32H2. The van der Waals surface area contributed by atoms with E-state index in [4.69, 9.17) is 20.9 Å². The number of nitrogens with zero attached hydrogens (tertiary/aromatic N) is 2. The van der Waals surface area contributed by atoms with Crippen molar-refractivity contribution in [2.45, 2.75) is 26.1 Å². The molecule has 0 saturated heterocycles. The van der Waals surface area contributed by atoms with Gasteiger partial charge in [-0.1, -0.05) is 30.3 Å². The summed E-state index contributed by atoms with van der Waals surface area (Å²) < 4.78 is 12.3. The molecule has 1 aliphatic carbocycles. The van der Waals surface area contributed by atoms with E-state index in [-0.39, 0.29) is 24.3 Å². The second-order valence-corrected chi connectivity index (χ2v) is 11.4. The molecule has 10 heteroatoms. The maximum absolute atomic E-state index is 13.3. The molecule has 2 heterocycles. The van der Waals surface area contributed by atoms with Gasteiger partial charge in [-0.25, -0.2) is 19.6 Å². The number of rotatable bonds is 7. The first-order chi connectivity index (χ1) is 19.4. The van der Waals surface area contributed by atoms with Crippen LogP contribution in [-0.4, -0.2) is 21.9 Å². The third-order valence-electron chi connectivity index (χ3n) is 6.40. The highest BCUT2D eigenvalue weighted by Crippen LogP contribution is 2.32. The number of aromatic nitrogens is 2. The predicted octanol–water partition coefficient (Wildman–Crippen LogP) is 6.26. The fourth-order valence-electron chi connectivity index (χ4n) is 4.52. The summed E-state index contributed by atoms with van der Waals surface area (Å²) in [7, 11) is 0. The van der Waals surface area contributed by atoms with Crippen molar-refractivity contribution in [3.8, 4) is 11.1 Å². The maximum Gasteiger partial charge on any atom is 0.339 e. The molecule has 4 N–H and O–H groups in total. The van der Waals surface area contributed by atoms with Crippen molar-refractivity contribution >= 4 is 62.3 Å². The molecule has 200 valence electrons. The van der Waals surface area contributed by atoms with Crippen molar-refractivity contribution in [1.82, 2.24) is 9.97 Å². The van der Waals surface area contributed by atoms with E-state index < -0.39 is 11.9 Å². The SMILES string of the molecule is Nc1ccc(-c2ccc(N)cc2C(=O)OCc2nc3ccccc3s2)c(C(=O)OCc2nc3c(s2)C=CCC3)c1. The lowest BCUT2D eigenvalue weighted by atomic mass is 9.94. The predicted molar refractivity (Wildman–Crippen MR) is 158 cm³/mol. The molecule has 0 bridgehead atoms. The molecule has 2 aromatic heterocycles. The molecule has 3 aromatic carbocycles. The van der Waals surface area contributed by atoms with Crippen LogP contribution in [0.15, 0.2) is 66.7 Å². The zero-order valence-electron chi connectivity index (χ0n) is 21.3. The smallest absolute Gasteiger partial charge is 0.339 e. The molecule has 8 nitrogen and oxygen atoms in total. The topological polar surface area (TPSA) is 130 Å². The molecule has 0 amide bonds. The van der Waals surface area contributed by atoms with E-state index in [0.717, 1.165) is 38.6 Å². The number of hydrogen-bond donors (Lipinski definition) is 2. The van der Waals surface area contributed by atoms with E-state index in [1.54, 1.807) is 30.3 Å². The van der Waals surface area contributed by atoms with Crippen molar-refractivity contribution in [3.05, 3.63) is 98.5 Å². The van der Waals surface area contributed by atoms with Gasteiger partial charge < -0.3 is 20.9 Å². The summed E-state index contributed by atoms with van der Waals surface area (Å²) in [5, 5.41) is 1.40. The Morgan fingerprint density at radius 2 is 1.43 bits per heavy atom. The molecule has 0 spiro atoms. The van der Waals surface area contributed by atoms with Gasteiger partial charge in [0, 0.05) is 11.4 Å². The lowest BCUT2D eigenvalue weighted by Crippen LogP contribution is -2.11. The average molecular weight is 569 g/mol. The first-order valence-corrected chi connectivity index (χ1v) is 14.2. The first-order valence-electron chi connectivity index (χ1n) is 12.6. The van der Waals surface area contributed by atoms with Gasteiger partial charge in [-0.15, -0.1) is 22.7 Å². The number of para-hydroxylation sites is 1. The van der Waals surface area contributed by atoms with Gasteiger partial charge in [-0.05, 0) is 66.4 Å². The molecule has 0 fully saturated rings. The van der Waals surface area contributed by atoms with Crippen molar-refractivity contribution in [2.24, 2.45) is 0 Å². The summed E-state index contributed by atoms with van der Waals surface area (Å²) >= 11 is 2.97. The summed E-state index contributed by atoms with van der Waals surface area (Å²) in [5.41, 5.74) is 16.1. The highest BCUT2D eigenvalue weighted by molar-refractivity contribution is 7.18. The molecule has 0 unspecified atom stereocenters. The molecular weight excluding hydrogens is 544 g/mol. The summed E-state index contributed by atoms with van der Waals surface area (Å²) in [4.78, 5) is 36.8. The highest BCUT2D eigenvalue weighted by Gasteiger charge is 2.22. The molecular formula is C30H24N4O4S2. The third kappa shape index (κ3) is 5.31. The Labute approximate surface area is 237 Å². The Morgan fingerprint density at radius 1 is 0.800 bits per heavy atom. The fraction of sp³-hybridized carbons (Fsp3) is 0.133. The Balaban J connectivity index is 1.25. The molecule has 0 radical (unpaired) electrons. The van der Waals surface area contributed by atoms with Crippen LogP contribution in [0.3, 0.4) is 0 Å². The summed E-state index contributed by atoms with van der Waals surface area (Å²) in [6.45, 7) is 0.0490. The summed E-state index contributed by atoms with van der Waals surface area (Å²) in [6.07, 6.45) is 6.00. The number of benzene rings is 3.